The molecule has 16 heteroatoms. The Bertz CT molecular complexity index is 3980. The molecule has 0 amide bonds. The fourth-order valence-electron chi connectivity index (χ4n) is 9.62. The minimum Gasteiger partial charge on any atom is -0.455 e. The van der Waals surface area contributed by atoms with Gasteiger partial charge in [0.2, 0.25) is 5.95 Å². The zero-order valence-electron chi connectivity index (χ0n) is 35.5. The highest BCUT2D eigenvalue weighted by Crippen LogP contribution is 2.44. The van der Waals surface area contributed by atoms with Crippen LogP contribution in [-0.4, -0.2) is 103 Å². The lowest BCUT2D eigenvalue weighted by atomic mass is 9.60. The van der Waals surface area contributed by atoms with Gasteiger partial charge in [-0.1, -0.05) is 119 Å². The molecule has 4 aromatic heterocycles. The first-order chi connectivity index (χ1) is 32.4. The van der Waals surface area contributed by atoms with Crippen molar-refractivity contribution in [1.29, 1.82) is 0 Å². The van der Waals surface area contributed by atoms with Crippen LogP contribution in [0.3, 0.4) is 0 Å². The number of hydrogen-bond acceptors (Lipinski definition) is 4. The van der Waals surface area contributed by atoms with Gasteiger partial charge in [-0.05, 0) is 35.9 Å². The van der Waals surface area contributed by atoms with E-state index in [4.69, 9.17) is 97.8 Å². The van der Waals surface area contributed by atoms with Crippen LogP contribution >= 0.6 is 0 Å². The fraction of sp³-hybridized carbons (Fsp3) is 0. The van der Waals surface area contributed by atoms with Gasteiger partial charge in [-0.2, -0.15) is 9.97 Å². The monoisotopic (exact) mass is 829 g/mol. The van der Waals surface area contributed by atoms with E-state index >= 15 is 0 Å². The Morgan fingerprint density at radius 3 is 1.37 bits per heavy atom. The lowest BCUT2D eigenvalue weighted by molar-refractivity contribution is 0.670. The van der Waals surface area contributed by atoms with E-state index < -0.39 is 0 Å². The van der Waals surface area contributed by atoms with Crippen molar-refractivity contribution in [1.82, 2.24) is 24.1 Å². The van der Waals surface area contributed by atoms with Gasteiger partial charge in [0.25, 0.3) is 0 Å². The van der Waals surface area contributed by atoms with Crippen molar-refractivity contribution in [2.24, 2.45) is 0 Å². The molecule has 0 aliphatic heterocycles. The predicted octanol–water partition coefficient (Wildman–Crippen LogP) is 0.904. The van der Waals surface area contributed by atoms with E-state index in [0.29, 0.717) is 0 Å². The normalized spacial score (nSPS) is 11.9. The standard InChI is InChI=1S/C51H21B10N5O/c52-36-34(37(53)41(57)44(60)40(36)56)49-62-50(35-38(54)42(58)45(61)43(59)39(35)55)64-51(63-49)66-32-16-8-5-13-25(32)28-19-18-27-24-12-4-7-15-31(24)65(46(27)47(28)66)23-20-29(22-10-2-1-3-11-22)48-30(21-23)26-14-6-9-17-33(26)67-48/h1-21H. The first-order valence-electron chi connectivity index (χ1n) is 21.2. The van der Waals surface area contributed by atoms with E-state index in [1.807, 2.05) is 71.3 Å². The quantitative estimate of drug-likeness (QED) is 0.243. The van der Waals surface area contributed by atoms with E-state index in [0.717, 1.165) is 82.4 Å². The molecule has 20 radical (unpaired) electrons. The first kappa shape index (κ1) is 41.3. The number of para-hydroxylation sites is 3. The van der Waals surface area contributed by atoms with Crippen molar-refractivity contribution in [2.45, 2.75) is 0 Å². The second kappa shape index (κ2) is 15.2. The molecule has 0 unspecified atom stereocenters. The Balaban J connectivity index is 1.27. The summed E-state index contributed by atoms with van der Waals surface area (Å²) in [6, 6.07) is 43.3. The van der Waals surface area contributed by atoms with Crippen molar-refractivity contribution in [3.63, 3.8) is 0 Å². The van der Waals surface area contributed by atoms with Crippen molar-refractivity contribution >= 4 is 199 Å². The summed E-state index contributed by atoms with van der Waals surface area (Å²) in [5.74, 6) is 0.117. The molecule has 0 fully saturated rings. The van der Waals surface area contributed by atoms with Crippen LogP contribution in [0, 0.1) is 0 Å². The Kier molecular flexibility index (Phi) is 9.35. The summed E-state index contributed by atoms with van der Waals surface area (Å²) >= 11 is 0. The second-order valence-electron chi connectivity index (χ2n) is 16.6. The summed E-state index contributed by atoms with van der Waals surface area (Å²) in [5, 5.41) is 5.78. The van der Waals surface area contributed by atoms with Crippen LogP contribution in [0.2, 0.25) is 0 Å². The van der Waals surface area contributed by atoms with Crippen LogP contribution in [-0.2, 0) is 0 Å². The van der Waals surface area contributed by atoms with Gasteiger partial charge in [-0.3, -0.25) is 4.57 Å². The molecule has 286 valence electrons. The van der Waals surface area contributed by atoms with Crippen molar-refractivity contribution in [2.75, 3.05) is 0 Å². The average Bonchev–Trinajstić information content (AvgIpc) is 4.02. The Labute approximate surface area is 398 Å². The lowest BCUT2D eigenvalue weighted by Gasteiger charge is -2.23. The zero-order chi connectivity index (χ0) is 46.2. The molecule has 0 aliphatic carbocycles. The highest BCUT2D eigenvalue weighted by Gasteiger charge is 2.27. The highest BCUT2D eigenvalue weighted by atomic mass is 16.3. The summed E-state index contributed by atoms with van der Waals surface area (Å²) < 4.78 is 10.9. The number of nitrogens with zero attached hydrogens (tertiary/aromatic N) is 5. The summed E-state index contributed by atoms with van der Waals surface area (Å²) in [6.45, 7) is 0. The van der Waals surface area contributed by atoms with Gasteiger partial charge < -0.3 is 8.98 Å². The second-order valence-corrected chi connectivity index (χ2v) is 16.6. The van der Waals surface area contributed by atoms with Crippen molar-refractivity contribution in [3.05, 3.63) is 127 Å². The van der Waals surface area contributed by atoms with Gasteiger partial charge in [0.05, 0.1) is 22.1 Å². The molecule has 0 atom stereocenters. The van der Waals surface area contributed by atoms with Gasteiger partial charge in [-0.25, -0.2) is 4.98 Å². The van der Waals surface area contributed by atoms with Gasteiger partial charge >= 0.3 is 0 Å². The molecule has 6 nitrogen and oxygen atoms in total. The summed E-state index contributed by atoms with van der Waals surface area (Å²) in [7, 11) is 65.1. The van der Waals surface area contributed by atoms with Gasteiger partial charge in [0, 0.05) is 54.7 Å². The summed E-state index contributed by atoms with van der Waals surface area (Å²) in [5.41, 5.74) is 8.10. The number of rotatable bonds is 5. The maximum atomic E-state index is 6.71. The smallest absolute Gasteiger partial charge is 0.238 e. The Hall–Kier alpha value is -7.18. The SMILES string of the molecule is [B]c1c([B])c([B])c(-c2nc(-c3c([B])c([B])c([B])c([B])c3[B])nc(-n3c4ccccc4c4ccc5c6ccccc6n(-c6cc(-c7ccccc7)c7oc8ccccc8c7c6)c5c43)n2)c([B])c1[B]. The van der Waals surface area contributed by atoms with Crippen LogP contribution < -0.4 is 54.6 Å². The molecule has 0 saturated heterocycles. The number of benzene rings is 8. The molecule has 0 spiro atoms. The van der Waals surface area contributed by atoms with Crippen molar-refractivity contribution in [3.8, 4) is 45.5 Å². The molecule has 0 N–H and O–H groups in total. The molecule has 8 aromatic carbocycles. The summed E-state index contributed by atoms with van der Waals surface area (Å²) in [4.78, 5) is 15.2. The van der Waals surface area contributed by atoms with Crippen LogP contribution in [0.15, 0.2) is 132 Å². The van der Waals surface area contributed by atoms with Gasteiger partial charge in [0.1, 0.15) is 89.6 Å². The maximum absolute atomic E-state index is 6.71. The van der Waals surface area contributed by atoms with Crippen LogP contribution in [0.25, 0.3) is 111 Å². The predicted molar refractivity (Wildman–Crippen MR) is 286 cm³/mol. The maximum Gasteiger partial charge on any atom is 0.238 e. The number of aromatic nitrogens is 5. The largest absolute Gasteiger partial charge is 0.455 e. The molecule has 0 saturated carbocycles. The van der Waals surface area contributed by atoms with Crippen molar-refractivity contribution < 1.29 is 4.42 Å². The minimum atomic E-state index is -0.00962. The molecule has 0 aliphatic rings. The molecule has 12 aromatic rings. The highest BCUT2D eigenvalue weighted by molar-refractivity contribution is 6.70. The van der Waals surface area contributed by atoms with Crippen LogP contribution in [0.5, 0.6) is 0 Å². The Morgan fingerprint density at radius 2 is 0.821 bits per heavy atom. The Morgan fingerprint density at radius 1 is 0.373 bits per heavy atom. The van der Waals surface area contributed by atoms with E-state index in [1.165, 1.54) is 0 Å². The van der Waals surface area contributed by atoms with E-state index in [1.54, 1.807) is 0 Å². The zero-order valence-corrected chi connectivity index (χ0v) is 35.5. The average molecular weight is 828 g/mol. The lowest BCUT2D eigenvalue weighted by Crippen LogP contribution is -2.55. The molecular weight excluding hydrogens is 807 g/mol. The molecule has 0 bridgehead atoms. The van der Waals surface area contributed by atoms with Gasteiger partial charge in [0.15, 0.2) is 11.6 Å². The first-order valence-corrected chi connectivity index (χ1v) is 21.2. The molecular formula is C51H21B10N5O. The third-order valence-electron chi connectivity index (χ3n) is 12.9. The number of furan rings is 1. The number of hydrogen-bond donors (Lipinski definition) is 0. The third kappa shape index (κ3) is 5.94. The van der Waals surface area contributed by atoms with E-state index in [2.05, 4.69) is 65.2 Å². The van der Waals surface area contributed by atoms with E-state index in [9.17, 15) is 0 Å². The molecule has 12 rings (SSSR count). The third-order valence-corrected chi connectivity index (χ3v) is 12.9. The topological polar surface area (TPSA) is 61.7 Å². The van der Waals surface area contributed by atoms with E-state index in [-0.39, 0.29) is 83.4 Å². The number of fused-ring (bicyclic) bond motifs is 10. The molecule has 67 heavy (non-hydrogen) atoms. The van der Waals surface area contributed by atoms with Crippen LogP contribution in [0.4, 0.5) is 0 Å². The van der Waals surface area contributed by atoms with Crippen LogP contribution in [0.1, 0.15) is 0 Å². The molecule has 4 heterocycles. The fourth-order valence-corrected chi connectivity index (χ4v) is 9.62. The summed E-state index contributed by atoms with van der Waals surface area (Å²) in [6.07, 6.45) is 0. The minimum absolute atomic E-state index is 0.00513. The van der Waals surface area contributed by atoms with Gasteiger partial charge in [-0.15, -0.1) is 32.8 Å².